The van der Waals surface area contributed by atoms with Gasteiger partial charge in [-0.3, -0.25) is 4.40 Å². The summed E-state index contributed by atoms with van der Waals surface area (Å²) in [5.41, 5.74) is 4.83. The second-order valence-corrected chi connectivity index (χ2v) is 5.75. The Morgan fingerprint density at radius 3 is 2.52 bits per heavy atom. The molecule has 0 aliphatic heterocycles. The molecule has 0 bridgehead atoms. The van der Waals surface area contributed by atoms with Gasteiger partial charge in [-0.05, 0) is 30.2 Å². The van der Waals surface area contributed by atoms with Crippen LogP contribution in [0, 0.1) is 19.3 Å². The largest absolute Gasteiger partial charge is 0.485 e. The number of terminal acetylenes is 1. The molecule has 0 aliphatic rings. The van der Waals surface area contributed by atoms with Crippen molar-refractivity contribution in [3.63, 3.8) is 0 Å². The van der Waals surface area contributed by atoms with Gasteiger partial charge in [0.25, 0.3) is 0 Å². The summed E-state index contributed by atoms with van der Waals surface area (Å²) in [7, 11) is 0. The number of aliphatic hydroxyl groups is 2. The maximum atomic E-state index is 9.53. The van der Waals surface area contributed by atoms with E-state index < -0.39 is 0 Å². The quantitative estimate of drug-likeness (QED) is 0.678. The molecule has 1 aromatic carbocycles. The lowest BCUT2D eigenvalue weighted by Gasteiger charge is -2.14. The van der Waals surface area contributed by atoms with E-state index in [2.05, 4.69) is 10.9 Å². The molecular weight excluding hydrogens is 316 g/mol. The van der Waals surface area contributed by atoms with Crippen LogP contribution in [0.5, 0.6) is 5.75 Å². The highest BCUT2D eigenvalue weighted by atomic mass is 16.5. The van der Waals surface area contributed by atoms with Crippen LogP contribution in [0.2, 0.25) is 0 Å². The maximum absolute atomic E-state index is 9.53. The van der Waals surface area contributed by atoms with E-state index in [0.717, 1.165) is 28.1 Å². The van der Waals surface area contributed by atoms with Crippen molar-refractivity contribution in [1.82, 2.24) is 9.38 Å². The second kappa shape index (κ2) is 7.39. The van der Waals surface area contributed by atoms with E-state index >= 15 is 0 Å². The fourth-order valence-corrected chi connectivity index (χ4v) is 2.95. The zero-order chi connectivity index (χ0) is 17.8. The van der Waals surface area contributed by atoms with Gasteiger partial charge in [-0.25, -0.2) is 4.98 Å². The molecule has 3 aromatic rings. The fraction of sp³-hybridized carbons (Fsp3) is 0.250. The van der Waals surface area contributed by atoms with Gasteiger partial charge in [-0.15, -0.1) is 12.3 Å². The van der Waals surface area contributed by atoms with Crippen molar-refractivity contribution in [3.05, 3.63) is 64.6 Å². The molecular formula is C20H20N2O3. The number of aryl methyl sites for hydroxylation is 1. The van der Waals surface area contributed by atoms with Crippen molar-refractivity contribution >= 4 is 5.65 Å². The molecule has 5 nitrogen and oxygen atoms in total. The van der Waals surface area contributed by atoms with Gasteiger partial charge in [0, 0.05) is 11.8 Å². The van der Waals surface area contributed by atoms with E-state index in [1.54, 1.807) is 0 Å². The topological polar surface area (TPSA) is 67.0 Å². The Balaban J connectivity index is 1.95. The third-order valence-electron chi connectivity index (χ3n) is 4.27. The van der Waals surface area contributed by atoms with E-state index in [-0.39, 0.29) is 19.8 Å². The molecule has 0 unspecified atom stereocenters. The highest BCUT2D eigenvalue weighted by Crippen LogP contribution is 2.25. The normalized spacial score (nSPS) is 10.8. The van der Waals surface area contributed by atoms with E-state index in [1.807, 2.05) is 47.9 Å². The van der Waals surface area contributed by atoms with E-state index in [4.69, 9.17) is 11.2 Å². The summed E-state index contributed by atoms with van der Waals surface area (Å²) in [6, 6.07) is 9.19. The van der Waals surface area contributed by atoms with Gasteiger partial charge >= 0.3 is 0 Å². The number of aliphatic hydroxyl groups excluding tert-OH is 2. The lowest BCUT2D eigenvalue weighted by atomic mass is 10.0. The number of benzene rings is 1. The summed E-state index contributed by atoms with van der Waals surface area (Å²) in [6.07, 6.45) is 7.86. The second-order valence-electron chi connectivity index (χ2n) is 5.75. The Kier molecular flexibility index (Phi) is 5.03. The summed E-state index contributed by atoms with van der Waals surface area (Å²) in [6.45, 7) is 1.95. The SMILES string of the molecule is C#CCc1c(C)nc2c(OCc3c(CO)cccc3CO)cccn12. The predicted molar refractivity (Wildman–Crippen MR) is 95.1 cm³/mol. The highest BCUT2D eigenvalue weighted by molar-refractivity contribution is 5.56. The van der Waals surface area contributed by atoms with Gasteiger partial charge in [-0.2, -0.15) is 0 Å². The smallest absolute Gasteiger partial charge is 0.180 e. The zero-order valence-corrected chi connectivity index (χ0v) is 14.1. The summed E-state index contributed by atoms with van der Waals surface area (Å²) >= 11 is 0. The van der Waals surface area contributed by atoms with Gasteiger partial charge in [0.15, 0.2) is 11.4 Å². The van der Waals surface area contributed by atoms with Crippen molar-refractivity contribution in [3.8, 4) is 18.1 Å². The summed E-state index contributed by atoms with van der Waals surface area (Å²) in [4.78, 5) is 4.57. The molecule has 0 saturated carbocycles. The van der Waals surface area contributed by atoms with Crippen LogP contribution in [-0.4, -0.2) is 19.6 Å². The van der Waals surface area contributed by atoms with Crippen molar-refractivity contribution in [2.24, 2.45) is 0 Å². The van der Waals surface area contributed by atoms with Gasteiger partial charge < -0.3 is 14.9 Å². The molecule has 0 fully saturated rings. The van der Waals surface area contributed by atoms with Gasteiger partial charge in [0.05, 0.1) is 31.0 Å². The Hall–Kier alpha value is -2.81. The molecule has 5 heteroatoms. The van der Waals surface area contributed by atoms with E-state index in [1.165, 1.54) is 0 Å². The van der Waals surface area contributed by atoms with Gasteiger partial charge in [0.2, 0.25) is 0 Å². The molecule has 128 valence electrons. The number of hydrogen-bond acceptors (Lipinski definition) is 4. The number of aromatic nitrogens is 2. The number of hydrogen-bond donors (Lipinski definition) is 2. The van der Waals surface area contributed by atoms with Crippen LogP contribution in [0.1, 0.15) is 28.1 Å². The number of ether oxygens (including phenoxy) is 1. The van der Waals surface area contributed by atoms with Crippen LogP contribution in [-0.2, 0) is 26.2 Å². The van der Waals surface area contributed by atoms with Crippen LogP contribution in [0.3, 0.4) is 0 Å². The summed E-state index contributed by atoms with van der Waals surface area (Å²) < 4.78 is 7.92. The molecule has 3 rings (SSSR count). The first-order valence-corrected chi connectivity index (χ1v) is 8.03. The van der Waals surface area contributed by atoms with Crippen LogP contribution >= 0.6 is 0 Å². The third kappa shape index (κ3) is 3.22. The standard InChI is InChI=1S/C20H20N2O3/c1-3-6-18-14(2)21-20-19(9-5-10-22(18)20)25-13-17-15(11-23)7-4-8-16(17)12-24/h1,4-5,7-10,23-24H,6,11-13H2,2H3. The van der Waals surface area contributed by atoms with Crippen LogP contribution in [0.4, 0.5) is 0 Å². The molecule has 0 atom stereocenters. The highest BCUT2D eigenvalue weighted by Gasteiger charge is 2.13. The monoisotopic (exact) mass is 336 g/mol. The molecule has 2 heterocycles. The maximum Gasteiger partial charge on any atom is 0.180 e. The van der Waals surface area contributed by atoms with Crippen LogP contribution < -0.4 is 4.74 Å². The van der Waals surface area contributed by atoms with E-state index in [0.29, 0.717) is 17.8 Å². The van der Waals surface area contributed by atoms with Crippen LogP contribution in [0.15, 0.2) is 36.5 Å². The molecule has 0 spiro atoms. The number of pyridine rings is 1. The lowest BCUT2D eigenvalue weighted by molar-refractivity contribution is 0.257. The van der Waals surface area contributed by atoms with Crippen molar-refractivity contribution in [2.75, 3.05) is 0 Å². The molecule has 0 aliphatic carbocycles. The molecule has 2 aromatic heterocycles. The molecule has 0 saturated heterocycles. The Bertz CT molecular complexity index is 916. The minimum atomic E-state index is -0.106. The molecule has 25 heavy (non-hydrogen) atoms. The van der Waals surface area contributed by atoms with Crippen molar-refractivity contribution < 1.29 is 14.9 Å². The van der Waals surface area contributed by atoms with Crippen molar-refractivity contribution in [1.29, 1.82) is 0 Å². The number of rotatable bonds is 6. The fourth-order valence-electron chi connectivity index (χ4n) is 2.95. The van der Waals surface area contributed by atoms with Gasteiger partial charge in [-0.1, -0.05) is 18.2 Å². The summed E-state index contributed by atoms with van der Waals surface area (Å²) in [5.74, 6) is 3.28. The molecule has 2 N–H and O–H groups in total. The summed E-state index contributed by atoms with van der Waals surface area (Å²) in [5, 5.41) is 19.1. The molecule has 0 amide bonds. The minimum absolute atomic E-state index is 0.106. The Morgan fingerprint density at radius 1 is 1.16 bits per heavy atom. The number of nitrogens with zero attached hydrogens (tertiary/aromatic N) is 2. The van der Waals surface area contributed by atoms with Gasteiger partial charge in [0.1, 0.15) is 6.61 Å². The average molecular weight is 336 g/mol. The average Bonchev–Trinajstić information content (AvgIpc) is 2.96. The minimum Gasteiger partial charge on any atom is -0.485 e. The number of imidazole rings is 1. The molecule has 0 radical (unpaired) electrons. The predicted octanol–water partition coefficient (Wildman–Crippen LogP) is 2.38. The van der Waals surface area contributed by atoms with Crippen molar-refractivity contribution in [2.45, 2.75) is 33.2 Å². The first kappa shape index (κ1) is 17.0. The van der Waals surface area contributed by atoms with Crippen LogP contribution in [0.25, 0.3) is 5.65 Å². The first-order valence-electron chi connectivity index (χ1n) is 8.03. The Morgan fingerprint density at radius 2 is 1.88 bits per heavy atom. The third-order valence-corrected chi connectivity index (χ3v) is 4.27. The first-order chi connectivity index (χ1) is 12.2. The number of fused-ring (bicyclic) bond motifs is 1. The zero-order valence-electron chi connectivity index (χ0n) is 14.1. The Labute approximate surface area is 146 Å². The lowest BCUT2D eigenvalue weighted by Crippen LogP contribution is -2.06. The van der Waals surface area contributed by atoms with E-state index in [9.17, 15) is 10.2 Å².